The first-order valence-electron chi connectivity index (χ1n) is 18.8. The number of fused-ring (bicyclic) bond motifs is 6. The minimum atomic E-state index is -0.0859. The maximum absolute atomic E-state index is 5.19. The Hall–Kier alpha value is -6.92. The number of hydrogen-bond donors (Lipinski definition) is 0. The van der Waals surface area contributed by atoms with Gasteiger partial charge < -0.3 is 4.90 Å². The fourth-order valence-corrected chi connectivity index (χ4v) is 9.31. The van der Waals surface area contributed by atoms with Crippen molar-refractivity contribution in [3.05, 3.63) is 182 Å². The van der Waals surface area contributed by atoms with E-state index in [1.165, 1.54) is 44.1 Å². The Morgan fingerprint density at radius 3 is 1.75 bits per heavy atom. The number of aromatic nitrogens is 3. The third kappa shape index (κ3) is 4.67. The Kier molecular flexibility index (Phi) is 7.08. The highest BCUT2D eigenvalue weighted by atomic mass is 15.2. The summed E-state index contributed by atoms with van der Waals surface area (Å²) in [5.41, 5.74) is 17.7. The van der Waals surface area contributed by atoms with E-state index in [0.717, 1.165) is 51.2 Å². The Morgan fingerprint density at radius 1 is 0.418 bits per heavy atom. The van der Waals surface area contributed by atoms with Gasteiger partial charge in [0.05, 0.1) is 0 Å². The number of benzene rings is 6. The molecule has 0 atom stereocenters. The molecule has 0 saturated heterocycles. The molecule has 0 unspecified atom stereocenters. The van der Waals surface area contributed by atoms with Gasteiger partial charge in [-0.3, -0.25) is 9.80 Å². The van der Waals surface area contributed by atoms with Gasteiger partial charge in [-0.15, -0.1) is 0 Å². The van der Waals surface area contributed by atoms with Gasteiger partial charge in [-0.05, 0) is 102 Å². The number of hydrogen-bond acceptors (Lipinski definition) is 6. The van der Waals surface area contributed by atoms with E-state index in [-0.39, 0.29) is 13.4 Å². The average Bonchev–Trinajstić information content (AvgIpc) is 3.24. The summed E-state index contributed by atoms with van der Waals surface area (Å²) >= 11 is 0. The first-order valence-corrected chi connectivity index (χ1v) is 18.8. The molecule has 5 heterocycles. The van der Waals surface area contributed by atoms with Gasteiger partial charge in [0, 0.05) is 52.2 Å². The largest absolute Gasteiger partial charge is 0.311 e. The van der Waals surface area contributed by atoms with Crippen LogP contribution in [0.3, 0.4) is 0 Å². The SMILES string of the molecule is Cc1cc2c(cc1B1c3cncnc3N(c3ccccc3)c3cccc(C)c31)B1c3ccccc3N(c3ccccc3)c3nccc(c31)N2c1ccccc1. The molecule has 0 fully saturated rings. The molecule has 0 N–H and O–H groups in total. The van der Waals surface area contributed by atoms with E-state index in [9.17, 15) is 0 Å². The molecule has 8 heteroatoms. The van der Waals surface area contributed by atoms with Gasteiger partial charge in [-0.2, -0.15) is 0 Å². The lowest BCUT2D eigenvalue weighted by molar-refractivity contribution is 1.12. The van der Waals surface area contributed by atoms with Crippen LogP contribution in [0.25, 0.3) is 0 Å². The van der Waals surface area contributed by atoms with Gasteiger partial charge in [-0.25, -0.2) is 15.0 Å². The number of anilines is 9. The second-order valence-corrected chi connectivity index (χ2v) is 14.6. The van der Waals surface area contributed by atoms with Crippen LogP contribution in [0.2, 0.25) is 0 Å². The van der Waals surface area contributed by atoms with Crippen LogP contribution in [0.1, 0.15) is 11.1 Å². The van der Waals surface area contributed by atoms with Crippen molar-refractivity contribution in [1.29, 1.82) is 0 Å². The number of nitrogens with zero attached hydrogens (tertiary/aromatic N) is 6. The molecule has 0 amide bonds. The minimum Gasteiger partial charge on any atom is -0.311 e. The van der Waals surface area contributed by atoms with Crippen molar-refractivity contribution >= 4 is 97.6 Å². The summed E-state index contributed by atoms with van der Waals surface area (Å²) in [7, 11) is 0. The van der Waals surface area contributed by atoms with E-state index in [2.05, 4.69) is 185 Å². The Labute approximate surface area is 321 Å². The molecular weight excluding hydrogens is 670 g/mol. The van der Waals surface area contributed by atoms with Gasteiger partial charge in [0.25, 0.3) is 13.4 Å². The topological polar surface area (TPSA) is 48.4 Å². The second-order valence-electron chi connectivity index (χ2n) is 14.6. The monoisotopic (exact) mass is 704 g/mol. The highest BCUT2D eigenvalue weighted by Gasteiger charge is 2.45. The summed E-state index contributed by atoms with van der Waals surface area (Å²) in [6.07, 6.45) is 5.67. The van der Waals surface area contributed by atoms with Crippen molar-refractivity contribution in [1.82, 2.24) is 15.0 Å². The maximum Gasteiger partial charge on any atom is 0.254 e. The summed E-state index contributed by atoms with van der Waals surface area (Å²) in [6.45, 7) is 4.37. The van der Waals surface area contributed by atoms with Crippen LogP contribution in [-0.2, 0) is 0 Å². The fourth-order valence-electron chi connectivity index (χ4n) is 9.31. The molecular formula is C47H34B2N6. The number of rotatable bonds is 4. The standard InChI is InChI=1S/C47H34B2N6/c1-31-15-14-24-41-44(31)49(39-29-50-30-52-46(39)55(41)35-20-10-5-11-21-35)37-28-38-43(27-32(37)2)53(33-16-6-3-7-17-33)42-25-26-51-47-45(42)48(38)36-22-12-13-23-40(36)54(47)34-18-8-4-9-19-34/h3-30H,1-2H3. The smallest absolute Gasteiger partial charge is 0.254 e. The molecule has 11 rings (SSSR count). The van der Waals surface area contributed by atoms with E-state index >= 15 is 0 Å². The number of para-hydroxylation sites is 4. The van der Waals surface area contributed by atoms with Crippen molar-refractivity contribution in [3.63, 3.8) is 0 Å². The molecule has 2 aromatic heterocycles. The van der Waals surface area contributed by atoms with Gasteiger partial charge in [0.1, 0.15) is 18.0 Å². The molecule has 0 radical (unpaired) electrons. The quantitative estimate of drug-likeness (QED) is 0.187. The predicted octanol–water partition coefficient (Wildman–Crippen LogP) is 6.87. The van der Waals surface area contributed by atoms with E-state index < -0.39 is 0 Å². The highest BCUT2D eigenvalue weighted by Crippen LogP contribution is 2.43. The van der Waals surface area contributed by atoms with E-state index in [0.29, 0.717) is 0 Å². The zero-order chi connectivity index (χ0) is 36.6. The summed E-state index contributed by atoms with van der Waals surface area (Å²) in [4.78, 5) is 21.9. The predicted molar refractivity (Wildman–Crippen MR) is 229 cm³/mol. The maximum atomic E-state index is 5.19. The van der Waals surface area contributed by atoms with Crippen molar-refractivity contribution < 1.29 is 0 Å². The minimum absolute atomic E-state index is 0.0450. The summed E-state index contributed by atoms with van der Waals surface area (Å²) < 4.78 is 0. The first kappa shape index (κ1) is 31.6. The fraction of sp³-hybridized carbons (Fsp3) is 0.0426. The van der Waals surface area contributed by atoms with Crippen molar-refractivity contribution in [2.75, 3.05) is 14.7 Å². The van der Waals surface area contributed by atoms with Crippen LogP contribution >= 0.6 is 0 Å². The summed E-state index contributed by atoms with van der Waals surface area (Å²) in [5, 5.41) is 0. The number of aryl methyl sites for hydroxylation is 2. The van der Waals surface area contributed by atoms with E-state index in [1.807, 2.05) is 12.4 Å². The molecule has 0 bridgehead atoms. The molecule has 6 nitrogen and oxygen atoms in total. The van der Waals surface area contributed by atoms with Crippen molar-refractivity contribution in [3.8, 4) is 0 Å². The summed E-state index contributed by atoms with van der Waals surface area (Å²) in [6, 6.07) is 54.5. The highest BCUT2D eigenvalue weighted by molar-refractivity contribution is 7.02. The second kappa shape index (κ2) is 12.3. The molecule has 0 aliphatic carbocycles. The van der Waals surface area contributed by atoms with E-state index in [4.69, 9.17) is 9.97 Å². The molecule has 8 aromatic rings. The van der Waals surface area contributed by atoms with Gasteiger partial charge in [0.2, 0.25) is 0 Å². The van der Waals surface area contributed by atoms with Crippen LogP contribution < -0.4 is 47.5 Å². The zero-order valence-corrected chi connectivity index (χ0v) is 30.5. The lowest BCUT2D eigenvalue weighted by Crippen LogP contribution is -2.64. The van der Waals surface area contributed by atoms with Crippen LogP contribution in [-0.4, -0.2) is 28.4 Å². The number of pyridine rings is 1. The summed E-state index contributed by atoms with van der Waals surface area (Å²) in [5.74, 6) is 1.86. The molecule has 6 aromatic carbocycles. The lowest BCUT2D eigenvalue weighted by atomic mass is 9.31. The van der Waals surface area contributed by atoms with Gasteiger partial charge in [-0.1, -0.05) is 108 Å². The molecule has 258 valence electrons. The molecule has 0 saturated carbocycles. The van der Waals surface area contributed by atoms with Crippen LogP contribution in [0.5, 0.6) is 0 Å². The third-order valence-corrected chi connectivity index (χ3v) is 11.6. The Bertz CT molecular complexity index is 2780. The molecule has 55 heavy (non-hydrogen) atoms. The van der Waals surface area contributed by atoms with Crippen molar-refractivity contribution in [2.45, 2.75) is 13.8 Å². The van der Waals surface area contributed by atoms with Crippen molar-refractivity contribution in [2.24, 2.45) is 0 Å². The van der Waals surface area contributed by atoms with Gasteiger partial charge in [0.15, 0.2) is 0 Å². The average molecular weight is 704 g/mol. The first-order chi connectivity index (χ1) is 27.2. The third-order valence-electron chi connectivity index (χ3n) is 11.6. The normalized spacial score (nSPS) is 13.5. The van der Waals surface area contributed by atoms with E-state index in [1.54, 1.807) is 6.33 Å². The lowest BCUT2D eigenvalue weighted by Gasteiger charge is -2.44. The molecule has 3 aliphatic rings. The Balaban J connectivity index is 1.20. The van der Waals surface area contributed by atoms with Crippen LogP contribution in [0.15, 0.2) is 170 Å². The van der Waals surface area contributed by atoms with Crippen LogP contribution in [0.4, 0.5) is 51.4 Å². The Morgan fingerprint density at radius 2 is 1.02 bits per heavy atom. The molecule has 0 spiro atoms. The van der Waals surface area contributed by atoms with Crippen LogP contribution in [0, 0.1) is 13.8 Å². The zero-order valence-electron chi connectivity index (χ0n) is 30.5. The van der Waals surface area contributed by atoms with Gasteiger partial charge >= 0.3 is 0 Å². The molecule has 3 aliphatic heterocycles.